The van der Waals surface area contributed by atoms with Gasteiger partial charge in [-0.25, -0.2) is 8.42 Å². The molecule has 4 heteroatoms. The molecule has 0 heterocycles. The highest BCUT2D eigenvalue weighted by Gasteiger charge is 2.11. The molecular weight excluding hydrogens is 228 g/mol. The van der Waals surface area contributed by atoms with Gasteiger partial charge in [-0.3, -0.25) is 0 Å². The third-order valence-corrected chi connectivity index (χ3v) is 4.01. The summed E-state index contributed by atoms with van der Waals surface area (Å²) in [7, 11) is -3.15. The third kappa shape index (κ3) is 3.72. The predicted molar refractivity (Wildman–Crippen MR) is 65.9 cm³/mol. The van der Waals surface area contributed by atoms with Crippen LogP contribution in [0, 0.1) is 6.92 Å². The van der Waals surface area contributed by atoms with Crippen LogP contribution >= 0.6 is 11.8 Å². The topological polar surface area (TPSA) is 34.1 Å². The zero-order valence-electron chi connectivity index (χ0n) is 8.80. The highest BCUT2D eigenvalue weighted by atomic mass is 32.2. The van der Waals surface area contributed by atoms with Gasteiger partial charge >= 0.3 is 0 Å². The van der Waals surface area contributed by atoms with Crippen molar-refractivity contribution < 1.29 is 8.42 Å². The van der Waals surface area contributed by atoms with Crippen molar-refractivity contribution in [3.05, 3.63) is 41.3 Å². The average molecular weight is 242 g/mol. The van der Waals surface area contributed by atoms with Crippen molar-refractivity contribution in [3.8, 4) is 0 Å². The van der Waals surface area contributed by atoms with E-state index in [1.54, 1.807) is 23.6 Å². The highest BCUT2D eigenvalue weighted by Crippen LogP contribution is 2.12. The van der Waals surface area contributed by atoms with Crippen LogP contribution in [0.2, 0.25) is 0 Å². The zero-order valence-corrected chi connectivity index (χ0v) is 10.4. The number of benzene rings is 1. The van der Waals surface area contributed by atoms with Crippen LogP contribution in [-0.4, -0.2) is 20.4 Å². The van der Waals surface area contributed by atoms with Crippen LogP contribution in [0.3, 0.4) is 0 Å². The molecule has 0 fully saturated rings. The van der Waals surface area contributed by atoms with Gasteiger partial charge in [-0.05, 0) is 30.7 Å². The first kappa shape index (κ1) is 12.3. The summed E-state index contributed by atoms with van der Waals surface area (Å²) < 4.78 is 23.5. The molecule has 0 bridgehead atoms. The van der Waals surface area contributed by atoms with Gasteiger partial charge in [0.05, 0.1) is 10.6 Å². The largest absolute Gasteiger partial charge is 0.223 e. The predicted octanol–water partition coefficient (Wildman–Crippen LogP) is 2.65. The smallest absolute Gasteiger partial charge is 0.181 e. The van der Waals surface area contributed by atoms with Crippen LogP contribution < -0.4 is 0 Å². The lowest BCUT2D eigenvalue weighted by Gasteiger charge is -2.01. The molecular formula is C11H14O2S2. The fourth-order valence-corrected chi connectivity index (χ4v) is 2.61. The van der Waals surface area contributed by atoms with Crippen LogP contribution in [0.1, 0.15) is 5.56 Å². The fourth-order valence-electron chi connectivity index (χ4n) is 1.10. The summed E-state index contributed by atoms with van der Waals surface area (Å²) in [6.07, 6.45) is 3.56. The molecule has 82 valence electrons. The van der Waals surface area contributed by atoms with Crippen LogP contribution in [0.4, 0.5) is 0 Å². The molecule has 15 heavy (non-hydrogen) atoms. The SMILES string of the molecule is CS/C=C\CS(=O)(=O)c1ccc(C)cc1. The minimum Gasteiger partial charge on any atom is -0.223 e. The van der Waals surface area contributed by atoms with E-state index in [0.717, 1.165) is 5.56 Å². The van der Waals surface area contributed by atoms with E-state index in [2.05, 4.69) is 0 Å². The molecule has 1 aromatic carbocycles. The summed E-state index contributed by atoms with van der Waals surface area (Å²) in [6, 6.07) is 6.92. The first-order valence-corrected chi connectivity index (χ1v) is 7.47. The van der Waals surface area contributed by atoms with Crippen molar-refractivity contribution in [2.45, 2.75) is 11.8 Å². The highest BCUT2D eigenvalue weighted by molar-refractivity contribution is 8.01. The number of hydrogen-bond donors (Lipinski definition) is 0. The van der Waals surface area contributed by atoms with Gasteiger partial charge in [0, 0.05) is 0 Å². The second-order valence-electron chi connectivity index (χ2n) is 3.20. The minimum absolute atomic E-state index is 0.0664. The summed E-state index contributed by atoms with van der Waals surface area (Å²) in [5, 5.41) is 1.78. The Hall–Kier alpha value is -0.740. The van der Waals surface area contributed by atoms with Gasteiger partial charge in [0.1, 0.15) is 0 Å². The summed E-state index contributed by atoms with van der Waals surface area (Å²) in [4.78, 5) is 0.388. The monoisotopic (exact) mass is 242 g/mol. The molecule has 0 aromatic heterocycles. The molecule has 2 nitrogen and oxygen atoms in total. The van der Waals surface area contributed by atoms with E-state index < -0.39 is 9.84 Å². The van der Waals surface area contributed by atoms with Gasteiger partial charge < -0.3 is 0 Å². The minimum atomic E-state index is -3.15. The molecule has 0 aliphatic heterocycles. The lowest BCUT2D eigenvalue weighted by atomic mass is 10.2. The number of hydrogen-bond acceptors (Lipinski definition) is 3. The average Bonchev–Trinajstić information content (AvgIpc) is 2.18. The van der Waals surface area contributed by atoms with E-state index in [0.29, 0.717) is 4.90 Å². The van der Waals surface area contributed by atoms with Crippen LogP contribution in [-0.2, 0) is 9.84 Å². The molecule has 0 aliphatic rings. The van der Waals surface area contributed by atoms with Crippen molar-refractivity contribution >= 4 is 21.6 Å². The molecule has 0 radical (unpaired) electrons. The first-order chi connectivity index (χ1) is 7.06. The van der Waals surface area contributed by atoms with Gasteiger partial charge in [0.2, 0.25) is 0 Å². The summed E-state index contributed by atoms with van der Waals surface area (Å²) in [6.45, 7) is 1.93. The molecule has 0 saturated heterocycles. The third-order valence-electron chi connectivity index (χ3n) is 1.93. The lowest BCUT2D eigenvalue weighted by Crippen LogP contribution is -2.04. The number of sulfone groups is 1. The Morgan fingerprint density at radius 1 is 1.27 bits per heavy atom. The molecule has 0 N–H and O–H groups in total. The standard InChI is InChI=1S/C11H14O2S2/c1-10-4-6-11(7-5-10)15(12,13)9-3-8-14-2/h3-8H,9H2,1-2H3/b8-3-. The number of thioether (sulfide) groups is 1. The Kier molecular flexibility index (Phi) is 4.42. The molecule has 0 amide bonds. The first-order valence-electron chi connectivity index (χ1n) is 4.53. The van der Waals surface area contributed by atoms with Crippen LogP contribution in [0.15, 0.2) is 40.6 Å². The normalized spacial score (nSPS) is 12.1. The van der Waals surface area contributed by atoms with Gasteiger partial charge in [0.25, 0.3) is 0 Å². The van der Waals surface area contributed by atoms with Crippen molar-refractivity contribution in [3.63, 3.8) is 0 Å². The van der Waals surface area contributed by atoms with Crippen molar-refractivity contribution in [1.29, 1.82) is 0 Å². The molecule has 0 unspecified atom stereocenters. The quantitative estimate of drug-likeness (QED) is 0.814. The number of rotatable bonds is 4. The Bertz CT molecular complexity index is 430. The maximum absolute atomic E-state index is 11.8. The maximum Gasteiger partial charge on any atom is 0.181 e. The van der Waals surface area contributed by atoms with E-state index in [9.17, 15) is 8.42 Å². The summed E-state index contributed by atoms with van der Waals surface area (Å²) >= 11 is 1.49. The van der Waals surface area contributed by atoms with Crippen molar-refractivity contribution in [2.75, 3.05) is 12.0 Å². The molecule has 0 saturated carbocycles. The number of aryl methyl sites for hydroxylation is 1. The Labute approximate surface area is 95.3 Å². The Morgan fingerprint density at radius 2 is 1.87 bits per heavy atom. The molecule has 1 aromatic rings. The van der Waals surface area contributed by atoms with Gasteiger partial charge in [0.15, 0.2) is 9.84 Å². The van der Waals surface area contributed by atoms with Gasteiger partial charge in [-0.1, -0.05) is 23.8 Å². The summed E-state index contributed by atoms with van der Waals surface area (Å²) in [5.41, 5.74) is 1.06. The summed E-state index contributed by atoms with van der Waals surface area (Å²) in [5.74, 6) is 0.0664. The molecule has 0 spiro atoms. The van der Waals surface area contributed by atoms with E-state index in [-0.39, 0.29) is 5.75 Å². The van der Waals surface area contributed by atoms with Gasteiger partial charge in [-0.15, -0.1) is 11.8 Å². The van der Waals surface area contributed by atoms with E-state index in [1.807, 2.05) is 25.3 Å². The second-order valence-corrected chi connectivity index (χ2v) is 5.98. The lowest BCUT2D eigenvalue weighted by molar-refractivity contribution is 0.599. The Balaban J connectivity index is 2.87. The molecule has 1 rings (SSSR count). The zero-order chi connectivity index (χ0) is 11.3. The van der Waals surface area contributed by atoms with Crippen molar-refractivity contribution in [1.82, 2.24) is 0 Å². The van der Waals surface area contributed by atoms with Crippen molar-refractivity contribution in [2.24, 2.45) is 0 Å². The second kappa shape index (κ2) is 5.37. The van der Waals surface area contributed by atoms with E-state index in [1.165, 1.54) is 11.8 Å². The van der Waals surface area contributed by atoms with E-state index in [4.69, 9.17) is 0 Å². The van der Waals surface area contributed by atoms with Gasteiger partial charge in [-0.2, -0.15) is 0 Å². The maximum atomic E-state index is 11.8. The fraction of sp³-hybridized carbons (Fsp3) is 0.273. The molecule has 0 aliphatic carbocycles. The molecule has 0 atom stereocenters. The van der Waals surface area contributed by atoms with Crippen LogP contribution in [0.5, 0.6) is 0 Å². The Morgan fingerprint density at radius 3 is 2.40 bits per heavy atom. The van der Waals surface area contributed by atoms with Crippen LogP contribution in [0.25, 0.3) is 0 Å². The van der Waals surface area contributed by atoms with E-state index >= 15 is 0 Å².